The van der Waals surface area contributed by atoms with E-state index in [0.717, 1.165) is 51.2 Å². The van der Waals surface area contributed by atoms with Crippen LogP contribution in [0, 0.1) is 0 Å². The highest BCUT2D eigenvalue weighted by Gasteiger charge is 2.38. The van der Waals surface area contributed by atoms with Crippen molar-refractivity contribution in [3.05, 3.63) is 48.3 Å². The topological polar surface area (TPSA) is 67.6 Å². The highest BCUT2D eigenvalue weighted by Crippen LogP contribution is 2.32. The number of hydrogen-bond acceptors (Lipinski definition) is 4. The number of halogens is 6. The van der Waals surface area contributed by atoms with Gasteiger partial charge in [0, 0.05) is 32.0 Å². The predicted molar refractivity (Wildman–Crippen MR) is 97.5 cm³/mol. The van der Waals surface area contributed by atoms with Gasteiger partial charge in [0.05, 0.1) is 12.1 Å². The van der Waals surface area contributed by atoms with Crippen molar-refractivity contribution in [2.24, 2.45) is 0 Å². The van der Waals surface area contributed by atoms with Crippen molar-refractivity contribution < 1.29 is 41.0 Å². The van der Waals surface area contributed by atoms with Gasteiger partial charge in [0.2, 0.25) is 0 Å². The summed E-state index contributed by atoms with van der Waals surface area (Å²) in [5, 5.41) is 11.3. The Morgan fingerprint density at radius 2 is 1.74 bits per heavy atom. The minimum Gasteiger partial charge on any atom is -0.490 e. The molecule has 31 heavy (non-hydrogen) atoms. The molecule has 0 aliphatic carbocycles. The van der Waals surface area contributed by atoms with Gasteiger partial charge in [0.15, 0.2) is 0 Å². The van der Waals surface area contributed by atoms with Gasteiger partial charge in [-0.25, -0.2) is 4.79 Å². The lowest BCUT2D eigenvalue weighted by atomic mass is 10.1. The molecule has 0 radical (unpaired) electrons. The number of aromatic nitrogens is 2. The van der Waals surface area contributed by atoms with Gasteiger partial charge in [-0.3, -0.25) is 4.68 Å². The smallest absolute Gasteiger partial charge is 0.490 e. The molecule has 1 N–H and O–H groups in total. The van der Waals surface area contributed by atoms with Gasteiger partial charge in [0.25, 0.3) is 0 Å². The number of ether oxygens (including phenoxy) is 1. The van der Waals surface area contributed by atoms with Crippen molar-refractivity contribution in [3.63, 3.8) is 0 Å². The Bertz CT molecular complexity index is 816. The SMILES string of the molecule is FC(F)(F)c1cccc(OC2CCN(CCn3cccn3)CC2)c1.O=C(O)C(F)(F)F. The monoisotopic (exact) mass is 453 g/mol. The summed E-state index contributed by atoms with van der Waals surface area (Å²) in [5.74, 6) is -2.47. The van der Waals surface area contributed by atoms with Crippen molar-refractivity contribution >= 4 is 5.97 Å². The van der Waals surface area contributed by atoms with E-state index in [0.29, 0.717) is 5.75 Å². The number of alkyl halides is 6. The lowest BCUT2D eigenvalue weighted by Gasteiger charge is -2.32. The van der Waals surface area contributed by atoms with Crippen molar-refractivity contribution in [3.8, 4) is 5.75 Å². The van der Waals surface area contributed by atoms with E-state index in [1.165, 1.54) is 6.07 Å². The Balaban J connectivity index is 0.000000423. The molecule has 2 aromatic rings. The van der Waals surface area contributed by atoms with Crippen LogP contribution in [0.2, 0.25) is 0 Å². The number of benzene rings is 1. The van der Waals surface area contributed by atoms with E-state index in [9.17, 15) is 26.3 Å². The van der Waals surface area contributed by atoms with Crippen LogP contribution in [-0.2, 0) is 17.5 Å². The average Bonchev–Trinajstić information content (AvgIpc) is 3.20. The van der Waals surface area contributed by atoms with Gasteiger partial charge in [-0.15, -0.1) is 0 Å². The largest absolute Gasteiger partial charge is 0.490 e. The van der Waals surface area contributed by atoms with Crippen LogP contribution < -0.4 is 4.74 Å². The minimum absolute atomic E-state index is 0.0329. The molecule has 1 aromatic carbocycles. The first-order valence-electron chi connectivity index (χ1n) is 9.29. The number of piperidine rings is 1. The van der Waals surface area contributed by atoms with E-state index in [-0.39, 0.29) is 6.10 Å². The van der Waals surface area contributed by atoms with E-state index in [2.05, 4.69) is 10.00 Å². The van der Waals surface area contributed by atoms with Crippen molar-refractivity contribution in [1.82, 2.24) is 14.7 Å². The van der Waals surface area contributed by atoms with Crippen LogP contribution >= 0.6 is 0 Å². The highest BCUT2D eigenvalue weighted by molar-refractivity contribution is 5.73. The fraction of sp³-hybridized carbons (Fsp3) is 0.474. The number of hydrogen-bond donors (Lipinski definition) is 1. The summed E-state index contributed by atoms with van der Waals surface area (Å²) in [7, 11) is 0. The molecular formula is C19H21F6N3O3. The summed E-state index contributed by atoms with van der Waals surface area (Å²) in [4.78, 5) is 11.2. The van der Waals surface area contributed by atoms with Gasteiger partial charge >= 0.3 is 18.3 Å². The fourth-order valence-electron chi connectivity index (χ4n) is 2.87. The molecule has 1 aromatic heterocycles. The number of carbonyl (C=O) groups is 1. The molecule has 1 saturated heterocycles. The average molecular weight is 453 g/mol. The summed E-state index contributed by atoms with van der Waals surface area (Å²) >= 11 is 0. The van der Waals surface area contributed by atoms with Crippen molar-refractivity contribution in [2.75, 3.05) is 19.6 Å². The Morgan fingerprint density at radius 3 is 2.26 bits per heavy atom. The molecule has 1 fully saturated rings. The first-order chi connectivity index (χ1) is 14.4. The molecule has 0 unspecified atom stereocenters. The number of rotatable bonds is 5. The van der Waals surface area contributed by atoms with Crippen LogP contribution in [0.5, 0.6) is 5.75 Å². The molecule has 6 nitrogen and oxygen atoms in total. The Labute approximate surface area is 174 Å². The second-order valence-corrected chi connectivity index (χ2v) is 6.76. The quantitative estimate of drug-likeness (QED) is 0.692. The summed E-state index contributed by atoms with van der Waals surface area (Å²) in [6.45, 7) is 3.51. The molecule has 2 heterocycles. The zero-order valence-corrected chi connectivity index (χ0v) is 16.2. The fourth-order valence-corrected chi connectivity index (χ4v) is 2.87. The van der Waals surface area contributed by atoms with Gasteiger partial charge in [0.1, 0.15) is 11.9 Å². The van der Waals surface area contributed by atoms with E-state index in [1.807, 2.05) is 16.9 Å². The Kier molecular flexibility index (Phi) is 8.31. The van der Waals surface area contributed by atoms with Crippen LogP contribution in [0.4, 0.5) is 26.3 Å². The molecule has 3 rings (SSSR count). The second kappa shape index (κ2) is 10.5. The predicted octanol–water partition coefficient (Wildman–Crippen LogP) is 4.08. The van der Waals surface area contributed by atoms with Gasteiger partial charge in [-0.1, -0.05) is 6.07 Å². The van der Waals surface area contributed by atoms with Crippen LogP contribution in [0.25, 0.3) is 0 Å². The molecule has 0 bridgehead atoms. The van der Waals surface area contributed by atoms with Crippen LogP contribution in [0.1, 0.15) is 18.4 Å². The molecular weight excluding hydrogens is 432 g/mol. The lowest BCUT2D eigenvalue weighted by Crippen LogP contribution is -2.39. The van der Waals surface area contributed by atoms with E-state index in [4.69, 9.17) is 14.6 Å². The van der Waals surface area contributed by atoms with Crippen LogP contribution in [0.15, 0.2) is 42.7 Å². The number of carboxylic acid groups (broad SMARTS) is 1. The number of aliphatic carboxylic acids is 1. The molecule has 1 aliphatic rings. The van der Waals surface area contributed by atoms with E-state index < -0.39 is 23.9 Å². The van der Waals surface area contributed by atoms with Crippen LogP contribution in [0.3, 0.4) is 0 Å². The third-order valence-corrected chi connectivity index (χ3v) is 4.45. The van der Waals surface area contributed by atoms with Gasteiger partial charge in [-0.05, 0) is 37.1 Å². The van der Waals surface area contributed by atoms with E-state index >= 15 is 0 Å². The molecule has 172 valence electrons. The lowest BCUT2D eigenvalue weighted by molar-refractivity contribution is -0.192. The third kappa shape index (κ3) is 8.48. The van der Waals surface area contributed by atoms with Gasteiger partial charge < -0.3 is 14.7 Å². The molecule has 0 atom stereocenters. The number of likely N-dealkylation sites (tertiary alicyclic amines) is 1. The van der Waals surface area contributed by atoms with Crippen LogP contribution in [-0.4, -0.2) is 57.7 Å². The van der Waals surface area contributed by atoms with Crippen molar-refractivity contribution in [1.29, 1.82) is 0 Å². The summed E-state index contributed by atoms with van der Waals surface area (Å²) < 4.78 is 77.6. The molecule has 0 spiro atoms. The maximum absolute atomic E-state index is 12.7. The Hall–Kier alpha value is -2.76. The summed E-state index contributed by atoms with van der Waals surface area (Å²) in [6, 6.07) is 7.00. The summed E-state index contributed by atoms with van der Waals surface area (Å²) in [6.07, 6.45) is -4.13. The molecule has 1 aliphatic heterocycles. The first-order valence-corrected chi connectivity index (χ1v) is 9.29. The zero-order valence-electron chi connectivity index (χ0n) is 16.2. The third-order valence-electron chi connectivity index (χ3n) is 4.45. The Morgan fingerprint density at radius 1 is 1.10 bits per heavy atom. The van der Waals surface area contributed by atoms with Crippen molar-refractivity contribution in [2.45, 2.75) is 37.8 Å². The molecule has 12 heteroatoms. The number of nitrogens with zero attached hydrogens (tertiary/aromatic N) is 3. The van der Waals surface area contributed by atoms with E-state index in [1.54, 1.807) is 12.3 Å². The maximum Gasteiger partial charge on any atom is 0.490 e. The number of carboxylic acids is 1. The first kappa shape index (κ1) is 24.5. The molecule has 0 amide bonds. The zero-order chi connectivity index (χ0) is 23.1. The highest BCUT2D eigenvalue weighted by atomic mass is 19.4. The second-order valence-electron chi connectivity index (χ2n) is 6.76. The normalized spacial score (nSPS) is 15.8. The standard InChI is InChI=1S/C17H20F3N3O.C2HF3O2/c18-17(19,20)14-3-1-4-16(13-14)24-15-5-9-22(10-6-15)11-12-23-8-2-7-21-23;3-2(4,5)1(6)7/h1-4,7-8,13,15H,5-6,9-12H2;(H,6,7). The van der Waals surface area contributed by atoms with Gasteiger partial charge in [-0.2, -0.15) is 31.4 Å². The minimum atomic E-state index is -5.08. The summed E-state index contributed by atoms with van der Waals surface area (Å²) in [5.41, 5.74) is -0.670. The molecule has 0 saturated carbocycles. The maximum atomic E-state index is 12.7.